The fourth-order valence-electron chi connectivity index (χ4n) is 1.80. The third kappa shape index (κ3) is 4.50. The van der Waals surface area contributed by atoms with Crippen LogP contribution in [0.25, 0.3) is 0 Å². The van der Waals surface area contributed by atoms with Gasteiger partial charge in [-0.1, -0.05) is 12.1 Å². The molecule has 0 spiro atoms. The van der Waals surface area contributed by atoms with E-state index < -0.39 is 5.91 Å². The minimum atomic E-state index is -0.454. The minimum absolute atomic E-state index is 0.406. The highest BCUT2D eigenvalue weighted by Crippen LogP contribution is 2.14. The number of carbonyl (C=O) groups excluding carboxylic acids is 1. The van der Waals surface area contributed by atoms with Crippen LogP contribution in [0.1, 0.15) is 15.9 Å². The Hall–Kier alpha value is -2.53. The summed E-state index contributed by atoms with van der Waals surface area (Å²) in [6.45, 7) is 1.31. The zero-order valence-corrected chi connectivity index (χ0v) is 11.6. The molecule has 0 bridgehead atoms. The lowest BCUT2D eigenvalue weighted by atomic mass is 10.2. The van der Waals surface area contributed by atoms with Gasteiger partial charge < -0.3 is 20.9 Å². The van der Waals surface area contributed by atoms with Crippen LogP contribution < -0.4 is 20.9 Å². The number of primary amides is 1. The first kappa shape index (κ1) is 14.9. The van der Waals surface area contributed by atoms with Crippen LogP contribution >= 0.6 is 0 Å². The molecule has 2 aromatic rings. The Morgan fingerprint density at radius 3 is 2.24 bits per heavy atom. The molecule has 21 heavy (non-hydrogen) atoms. The molecule has 0 aliphatic carbocycles. The highest BCUT2D eigenvalue weighted by atomic mass is 16.5. The van der Waals surface area contributed by atoms with Crippen molar-refractivity contribution < 1.29 is 14.3 Å². The van der Waals surface area contributed by atoms with Gasteiger partial charge in [0.2, 0.25) is 5.91 Å². The number of amides is 1. The molecule has 0 radical (unpaired) electrons. The maximum atomic E-state index is 10.9. The number of ether oxygens (including phenoxy) is 2. The molecule has 4 N–H and O–H groups in total. The molecule has 110 valence electrons. The zero-order valence-electron chi connectivity index (χ0n) is 11.6. The normalized spacial score (nSPS) is 10.1. The molecule has 2 aromatic carbocycles. The fourth-order valence-corrected chi connectivity index (χ4v) is 1.80. The van der Waals surface area contributed by atoms with Crippen LogP contribution in [0.3, 0.4) is 0 Å². The highest BCUT2D eigenvalue weighted by molar-refractivity contribution is 5.92. The molecular formula is C16H18N2O3. The summed E-state index contributed by atoms with van der Waals surface area (Å²) in [5.74, 6) is 0.981. The van der Waals surface area contributed by atoms with Gasteiger partial charge in [0, 0.05) is 12.1 Å². The van der Waals surface area contributed by atoms with E-state index in [2.05, 4.69) is 0 Å². The molecule has 0 saturated heterocycles. The van der Waals surface area contributed by atoms with E-state index in [1.807, 2.05) is 24.3 Å². The topological polar surface area (TPSA) is 87.6 Å². The summed E-state index contributed by atoms with van der Waals surface area (Å²) in [7, 11) is 0. The van der Waals surface area contributed by atoms with Crippen molar-refractivity contribution in [2.24, 2.45) is 11.5 Å². The summed E-state index contributed by atoms with van der Waals surface area (Å²) in [6.07, 6.45) is 0. The van der Waals surface area contributed by atoms with E-state index >= 15 is 0 Å². The molecule has 0 atom stereocenters. The SMILES string of the molecule is NCc1cccc(OCCOc2ccc(C(N)=O)cc2)c1. The predicted octanol–water partition coefficient (Wildman–Crippen LogP) is 1.70. The van der Waals surface area contributed by atoms with Crippen molar-refractivity contribution >= 4 is 5.91 Å². The molecule has 0 unspecified atom stereocenters. The second-order valence-corrected chi connectivity index (χ2v) is 4.44. The lowest BCUT2D eigenvalue weighted by Gasteiger charge is -2.09. The summed E-state index contributed by atoms with van der Waals surface area (Å²) in [5.41, 5.74) is 12.2. The van der Waals surface area contributed by atoms with E-state index in [1.54, 1.807) is 24.3 Å². The average molecular weight is 286 g/mol. The molecule has 0 heterocycles. The van der Waals surface area contributed by atoms with Gasteiger partial charge in [-0.15, -0.1) is 0 Å². The van der Waals surface area contributed by atoms with Crippen molar-refractivity contribution in [3.8, 4) is 11.5 Å². The summed E-state index contributed by atoms with van der Waals surface area (Å²) in [4.78, 5) is 10.9. The molecule has 0 fully saturated rings. The van der Waals surface area contributed by atoms with Crippen molar-refractivity contribution in [1.82, 2.24) is 0 Å². The van der Waals surface area contributed by atoms with E-state index in [4.69, 9.17) is 20.9 Å². The van der Waals surface area contributed by atoms with Gasteiger partial charge in [0.15, 0.2) is 0 Å². The Morgan fingerprint density at radius 2 is 1.62 bits per heavy atom. The van der Waals surface area contributed by atoms with Gasteiger partial charge in [-0.25, -0.2) is 0 Å². The van der Waals surface area contributed by atoms with Crippen molar-refractivity contribution in [3.05, 3.63) is 59.7 Å². The number of nitrogens with two attached hydrogens (primary N) is 2. The average Bonchev–Trinajstić information content (AvgIpc) is 2.52. The predicted molar refractivity (Wildman–Crippen MR) is 80.3 cm³/mol. The molecule has 1 amide bonds. The molecule has 0 aliphatic rings. The maximum absolute atomic E-state index is 10.9. The van der Waals surface area contributed by atoms with Crippen LogP contribution in [0.2, 0.25) is 0 Å². The first-order chi connectivity index (χ1) is 10.2. The van der Waals surface area contributed by atoms with Crippen LogP contribution in [0.5, 0.6) is 11.5 Å². The highest BCUT2D eigenvalue weighted by Gasteiger charge is 2.00. The first-order valence-corrected chi connectivity index (χ1v) is 6.63. The number of benzene rings is 2. The smallest absolute Gasteiger partial charge is 0.248 e. The van der Waals surface area contributed by atoms with E-state index in [-0.39, 0.29) is 0 Å². The van der Waals surface area contributed by atoms with E-state index in [9.17, 15) is 4.79 Å². The fraction of sp³-hybridized carbons (Fsp3) is 0.188. The number of hydrogen-bond acceptors (Lipinski definition) is 4. The van der Waals surface area contributed by atoms with E-state index in [0.29, 0.717) is 31.1 Å². The molecule has 2 rings (SSSR count). The quantitative estimate of drug-likeness (QED) is 0.758. The monoisotopic (exact) mass is 286 g/mol. The Morgan fingerprint density at radius 1 is 0.952 bits per heavy atom. The number of hydrogen-bond donors (Lipinski definition) is 2. The molecule has 0 saturated carbocycles. The minimum Gasteiger partial charge on any atom is -0.490 e. The molecule has 0 aromatic heterocycles. The van der Waals surface area contributed by atoms with E-state index in [0.717, 1.165) is 11.3 Å². The van der Waals surface area contributed by atoms with Crippen LogP contribution in [-0.4, -0.2) is 19.1 Å². The standard InChI is InChI=1S/C16H18N2O3/c17-11-12-2-1-3-15(10-12)21-9-8-20-14-6-4-13(5-7-14)16(18)19/h1-7,10H,8-9,11,17H2,(H2,18,19). The Labute approximate surface area is 123 Å². The van der Waals surface area contributed by atoms with Gasteiger partial charge in [-0.05, 0) is 42.0 Å². The molecule has 5 nitrogen and oxygen atoms in total. The van der Waals surface area contributed by atoms with Gasteiger partial charge in [-0.2, -0.15) is 0 Å². The van der Waals surface area contributed by atoms with Crippen molar-refractivity contribution in [2.45, 2.75) is 6.54 Å². The summed E-state index contributed by atoms with van der Waals surface area (Å²) in [5, 5.41) is 0. The second kappa shape index (κ2) is 7.31. The van der Waals surface area contributed by atoms with Gasteiger partial charge in [0.05, 0.1) is 0 Å². The molecular weight excluding hydrogens is 268 g/mol. The third-order valence-corrected chi connectivity index (χ3v) is 2.89. The molecule has 5 heteroatoms. The summed E-state index contributed by atoms with van der Waals surface area (Å²) >= 11 is 0. The Balaban J connectivity index is 1.77. The number of carbonyl (C=O) groups is 1. The van der Waals surface area contributed by atoms with Crippen molar-refractivity contribution in [1.29, 1.82) is 0 Å². The van der Waals surface area contributed by atoms with Gasteiger partial charge in [-0.3, -0.25) is 4.79 Å². The van der Waals surface area contributed by atoms with Gasteiger partial charge in [0.1, 0.15) is 24.7 Å². The van der Waals surface area contributed by atoms with Crippen molar-refractivity contribution in [3.63, 3.8) is 0 Å². The molecule has 0 aliphatic heterocycles. The van der Waals surface area contributed by atoms with Crippen LogP contribution in [0.15, 0.2) is 48.5 Å². The lowest BCUT2D eigenvalue weighted by molar-refractivity contribution is 0.1000. The van der Waals surface area contributed by atoms with E-state index in [1.165, 1.54) is 0 Å². The first-order valence-electron chi connectivity index (χ1n) is 6.63. The maximum Gasteiger partial charge on any atom is 0.248 e. The Bertz CT molecular complexity index is 597. The number of rotatable bonds is 7. The van der Waals surface area contributed by atoms with Crippen molar-refractivity contribution in [2.75, 3.05) is 13.2 Å². The lowest BCUT2D eigenvalue weighted by Crippen LogP contribution is -2.11. The summed E-state index contributed by atoms with van der Waals surface area (Å²) < 4.78 is 11.1. The second-order valence-electron chi connectivity index (χ2n) is 4.44. The zero-order chi connectivity index (χ0) is 15.1. The van der Waals surface area contributed by atoms with Gasteiger partial charge >= 0.3 is 0 Å². The Kier molecular flexibility index (Phi) is 5.17. The summed E-state index contributed by atoms with van der Waals surface area (Å²) in [6, 6.07) is 14.3. The van der Waals surface area contributed by atoms with Crippen LogP contribution in [0, 0.1) is 0 Å². The third-order valence-electron chi connectivity index (χ3n) is 2.89. The van der Waals surface area contributed by atoms with Gasteiger partial charge in [0.25, 0.3) is 0 Å². The largest absolute Gasteiger partial charge is 0.490 e. The van der Waals surface area contributed by atoms with Crippen LogP contribution in [0.4, 0.5) is 0 Å². The van der Waals surface area contributed by atoms with Crippen LogP contribution in [-0.2, 0) is 6.54 Å².